The molecule has 112 valence electrons. The second kappa shape index (κ2) is 7.24. The first-order chi connectivity index (χ1) is 10.8. The molecule has 0 fully saturated rings. The fraction of sp³-hybridized carbons (Fsp3) is 0.176. The predicted molar refractivity (Wildman–Crippen MR) is 86.5 cm³/mol. The summed E-state index contributed by atoms with van der Waals surface area (Å²) in [5, 5.41) is 4.04. The van der Waals surface area contributed by atoms with E-state index in [2.05, 4.69) is 28.5 Å². The summed E-state index contributed by atoms with van der Waals surface area (Å²) in [6.45, 7) is 0.869. The van der Waals surface area contributed by atoms with E-state index in [0.29, 0.717) is 13.2 Å². The maximum absolute atomic E-state index is 5.60. The normalized spacial score (nSPS) is 10.8. The SMILES string of the molecule is CSc1ccc(-c2cc(COCc3ccccn3)no2)cc1. The lowest BCUT2D eigenvalue weighted by atomic mass is 10.2. The minimum absolute atomic E-state index is 0.406. The highest BCUT2D eigenvalue weighted by molar-refractivity contribution is 7.98. The van der Waals surface area contributed by atoms with Gasteiger partial charge in [-0.2, -0.15) is 0 Å². The van der Waals surface area contributed by atoms with Gasteiger partial charge < -0.3 is 9.26 Å². The van der Waals surface area contributed by atoms with Crippen molar-refractivity contribution in [2.24, 2.45) is 0 Å². The second-order valence-electron chi connectivity index (χ2n) is 4.72. The number of benzene rings is 1. The third-order valence-corrected chi connectivity index (χ3v) is 3.90. The Labute approximate surface area is 133 Å². The van der Waals surface area contributed by atoms with Crippen molar-refractivity contribution in [1.29, 1.82) is 0 Å². The van der Waals surface area contributed by atoms with E-state index < -0.39 is 0 Å². The number of hydrogen-bond donors (Lipinski definition) is 0. The number of pyridine rings is 1. The lowest BCUT2D eigenvalue weighted by molar-refractivity contribution is 0.0997. The number of rotatable bonds is 6. The molecule has 0 saturated heterocycles. The average Bonchev–Trinajstić information content (AvgIpc) is 3.05. The number of hydrogen-bond acceptors (Lipinski definition) is 5. The van der Waals surface area contributed by atoms with Crippen LogP contribution in [0.2, 0.25) is 0 Å². The summed E-state index contributed by atoms with van der Waals surface area (Å²) >= 11 is 1.71. The van der Waals surface area contributed by atoms with Crippen LogP contribution in [-0.4, -0.2) is 16.4 Å². The molecule has 4 nitrogen and oxygen atoms in total. The van der Waals surface area contributed by atoms with Gasteiger partial charge in [0.25, 0.3) is 0 Å². The highest BCUT2D eigenvalue weighted by Gasteiger charge is 2.07. The molecule has 0 aliphatic carbocycles. The molecule has 0 spiro atoms. The Hall–Kier alpha value is -2.11. The molecule has 0 bridgehead atoms. The second-order valence-corrected chi connectivity index (χ2v) is 5.60. The standard InChI is InChI=1S/C17H16N2O2S/c1-22-16-7-5-13(6-8-16)17-10-15(19-21-17)12-20-11-14-4-2-3-9-18-14/h2-10H,11-12H2,1H3. The molecule has 0 unspecified atom stereocenters. The van der Waals surface area contributed by atoms with Crippen LogP contribution in [0.1, 0.15) is 11.4 Å². The Kier molecular flexibility index (Phi) is 4.88. The van der Waals surface area contributed by atoms with Crippen molar-refractivity contribution in [2.45, 2.75) is 18.1 Å². The summed E-state index contributed by atoms with van der Waals surface area (Å²) in [4.78, 5) is 5.43. The van der Waals surface area contributed by atoms with Crippen molar-refractivity contribution in [3.8, 4) is 11.3 Å². The number of nitrogens with zero attached hydrogens (tertiary/aromatic N) is 2. The maximum Gasteiger partial charge on any atom is 0.167 e. The molecule has 0 radical (unpaired) electrons. The van der Waals surface area contributed by atoms with Crippen LogP contribution in [0, 0.1) is 0 Å². The van der Waals surface area contributed by atoms with Crippen molar-refractivity contribution in [1.82, 2.24) is 10.1 Å². The Morgan fingerprint density at radius 2 is 1.86 bits per heavy atom. The lowest BCUT2D eigenvalue weighted by Crippen LogP contribution is -1.95. The van der Waals surface area contributed by atoms with E-state index in [-0.39, 0.29) is 0 Å². The van der Waals surface area contributed by atoms with Crippen LogP contribution in [0.15, 0.2) is 64.1 Å². The Morgan fingerprint density at radius 1 is 1.05 bits per heavy atom. The van der Waals surface area contributed by atoms with Crippen molar-refractivity contribution in [3.63, 3.8) is 0 Å². The minimum Gasteiger partial charge on any atom is -0.369 e. The molecule has 0 aliphatic heterocycles. The maximum atomic E-state index is 5.60. The number of aromatic nitrogens is 2. The molecule has 2 aromatic heterocycles. The van der Waals surface area contributed by atoms with Gasteiger partial charge in [-0.25, -0.2) is 0 Å². The first kappa shape index (κ1) is 14.8. The largest absolute Gasteiger partial charge is 0.369 e. The van der Waals surface area contributed by atoms with E-state index in [0.717, 1.165) is 22.7 Å². The van der Waals surface area contributed by atoms with Crippen molar-refractivity contribution in [2.75, 3.05) is 6.26 Å². The molecule has 3 aromatic rings. The molecule has 22 heavy (non-hydrogen) atoms. The molecule has 0 aliphatic rings. The summed E-state index contributed by atoms with van der Waals surface area (Å²) < 4.78 is 11.0. The van der Waals surface area contributed by atoms with Crippen LogP contribution in [0.5, 0.6) is 0 Å². The van der Waals surface area contributed by atoms with E-state index >= 15 is 0 Å². The first-order valence-electron chi connectivity index (χ1n) is 6.93. The number of ether oxygens (including phenoxy) is 1. The lowest BCUT2D eigenvalue weighted by Gasteiger charge is -2.00. The Balaban J connectivity index is 1.58. The van der Waals surface area contributed by atoms with E-state index in [1.54, 1.807) is 18.0 Å². The van der Waals surface area contributed by atoms with Gasteiger partial charge >= 0.3 is 0 Å². The fourth-order valence-corrected chi connectivity index (χ4v) is 2.42. The molecular weight excluding hydrogens is 296 g/mol. The minimum atomic E-state index is 0.406. The van der Waals surface area contributed by atoms with Crippen LogP contribution < -0.4 is 0 Å². The quantitative estimate of drug-likeness (QED) is 0.639. The van der Waals surface area contributed by atoms with E-state index in [1.807, 2.05) is 36.4 Å². The van der Waals surface area contributed by atoms with Crippen LogP contribution in [-0.2, 0) is 18.0 Å². The third kappa shape index (κ3) is 3.75. The molecule has 3 rings (SSSR count). The Morgan fingerprint density at radius 3 is 2.59 bits per heavy atom. The van der Waals surface area contributed by atoms with Gasteiger partial charge in [-0.05, 0) is 30.5 Å². The van der Waals surface area contributed by atoms with Gasteiger partial charge in [0.2, 0.25) is 0 Å². The summed E-state index contributed by atoms with van der Waals surface area (Å²) in [7, 11) is 0. The summed E-state index contributed by atoms with van der Waals surface area (Å²) in [5.41, 5.74) is 2.69. The van der Waals surface area contributed by atoms with Crippen molar-refractivity contribution in [3.05, 3.63) is 66.1 Å². The molecule has 0 amide bonds. The van der Waals surface area contributed by atoms with Crippen LogP contribution >= 0.6 is 11.8 Å². The van der Waals surface area contributed by atoms with Gasteiger partial charge in [0.05, 0.1) is 18.9 Å². The smallest absolute Gasteiger partial charge is 0.167 e. The predicted octanol–water partition coefficient (Wildman–Crippen LogP) is 4.18. The molecule has 1 aromatic carbocycles. The zero-order valence-electron chi connectivity index (χ0n) is 12.2. The topological polar surface area (TPSA) is 48.2 Å². The van der Waals surface area contributed by atoms with Gasteiger partial charge in [-0.15, -0.1) is 11.8 Å². The van der Waals surface area contributed by atoms with Gasteiger partial charge in [0.15, 0.2) is 5.76 Å². The third-order valence-electron chi connectivity index (χ3n) is 3.16. The molecule has 0 N–H and O–H groups in total. The zero-order valence-corrected chi connectivity index (χ0v) is 13.0. The summed E-state index contributed by atoms with van der Waals surface area (Å²) in [6, 6.07) is 15.9. The average molecular weight is 312 g/mol. The highest BCUT2D eigenvalue weighted by atomic mass is 32.2. The van der Waals surface area contributed by atoms with Crippen molar-refractivity contribution < 1.29 is 9.26 Å². The molecular formula is C17H16N2O2S. The van der Waals surface area contributed by atoms with E-state index in [1.165, 1.54) is 4.90 Å². The van der Waals surface area contributed by atoms with E-state index in [4.69, 9.17) is 9.26 Å². The van der Waals surface area contributed by atoms with Crippen LogP contribution in [0.4, 0.5) is 0 Å². The Bertz CT molecular complexity index is 711. The van der Waals surface area contributed by atoms with E-state index in [9.17, 15) is 0 Å². The summed E-state index contributed by atoms with van der Waals surface area (Å²) in [5.74, 6) is 0.754. The highest BCUT2D eigenvalue weighted by Crippen LogP contribution is 2.23. The van der Waals surface area contributed by atoms with Crippen molar-refractivity contribution >= 4 is 11.8 Å². The van der Waals surface area contributed by atoms with Gasteiger partial charge in [0.1, 0.15) is 5.69 Å². The fourth-order valence-electron chi connectivity index (χ4n) is 2.01. The van der Waals surface area contributed by atoms with Gasteiger partial charge in [-0.3, -0.25) is 4.98 Å². The molecule has 2 heterocycles. The summed E-state index contributed by atoms with van der Waals surface area (Å²) in [6.07, 6.45) is 3.81. The van der Waals surface area contributed by atoms with Crippen LogP contribution in [0.25, 0.3) is 11.3 Å². The molecule has 0 saturated carbocycles. The van der Waals surface area contributed by atoms with Crippen LogP contribution in [0.3, 0.4) is 0 Å². The molecule has 5 heteroatoms. The first-order valence-corrected chi connectivity index (χ1v) is 8.15. The van der Waals surface area contributed by atoms with Gasteiger partial charge in [0, 0.05) is 22.7 Å². The number of thioether (sulfide) groups is 1. The zero-order chi connectivity index (χ0) is 15.2. The monoisotopic (exact) mass is 312 g/mol. The van der Waals surface area contributed by atoms with Gasteiger partial charge in [-0.1, -0.05) is 23.4 Å². The molecule has 0 atom stereocenters.